The first-order valence-corrected chi connectivity index (χ1v) is 11.3. The first kappa shape index (κ1) is 20.6. The molecule has 0 aromatic rings. The van der Waals surface area contributed by atoms with Crippen molar-refractivity contribution in [3.63, 3.8) is 0 Å². The monoisotopic (exact) mass is 416 g/mol. The molecule has 1 saturated heterocycles. The molecule has 164 valence electrons. The number of allylic oxidation sites excluding steroid dienone is 4. The first-order valence-electron chi connectivity index (χ1n) is 11.3. The second-order valence-corrected chi connectivity index (χ2v) is 10.3. The second-order valence-electron chi connectivity index (χ2n) is 10.3. The van der Waals surface area contributed by atoms with Crippen molar-refractivity contribution in [3.8, 4) is 0 Å². The molecule has 9 atom stereocenters. The van der Waals surface area contributed by atoms with E-state index in [0.29, 0.717) is 19.3 Å². The van der Waals surface area contributed by atoms with Gasteiger partial charge in [-0.05, 0) is 56.1 Å². The van der Waals surface area contributed by atoms with Crippen LogP contribution >= 0.6 is 0 Å². The van der Waals surface area contributed by atoms with Gasteiger partial charge < -0.3 is 19.7 Å². The van der Waals surface area contributed by atoms with E-state index in [1.54, 1.807) is 12.2 Å². The van der Waals surface area contributed by atoms with Gasteiger partial charge in [0.05, 0.1) is 12.2 Å². The van der Waals surface area contributed by atoms with E-state index in [1.807, 2.05) is 13.0 Å². The predicted molar refractivity (Wildman–Crippen MR) is 108 cm³/mol. The maximum atomic E-state index is 13.1. The van der Waals surface area contributed by atoms with Gasteiger partial charge in [-0.2, -0.15) is 0 Å². The molecule has 0 bridgehead atoms. The maximum absolute atomic E-state index is 13.1. The number of aliphatic hydroxyl groups excluding tert-OH is 2. The van der Waals surface area contributed by atoms with E-state index in [1.165, 1.54) is 0 Å². The summed E-state index contributed by atoms with van der Waals surface area (Å²) in [5.41, 5.74) is -1.05. The van der Waals surface area contributed by atoms with Crippen LogP contribution in [0.25, 0.3) is 0 Å². The Kier molecular flexibility index (Phi) is 4.51. The Labute approximate surface area is 177 Å². The summed E-state index contributed by atoms with van der Waals surface area (Å²) >= 11 is 0. The van der Waals surface area contributed by atoms with Gasteiger partial charge in [-0.3, -0.25) is 9.59 Å². The zero-order valence-electron chi connectivity index (χ0n) is 18.0. The van der Waals surface area contributed by atoms with Gasteiger partial charge in [0.25, 0.3) is 0 Å². The molecule has 4 aliphatic carbocycles. The fraction of sp³-hybridized carbons (Fsp3) is 0.750. The maximum Gasteiger partial charge on any atom is 0.193 e. The van der Waals surface area contributed by atoms with E-state index >= 15 is 0 Å². The van der Waals surface area contributed by atoms with Crippen molar-refractivity contribution in [1.82, 2.24) is 0 Å². The quantitative estimate of drug-likeness (QED) is 0.734. The molecule has 0 aromatic carbocycles. The summed E-state index contributed by atoms with van der Waals surface area (Å²) in [4.78, 5) is 25.1. The lowest BCUT2D eigenvalue weighted by atomic mass is 9.46. The third-order valence-corrected chi connectivity index (χ3v) is 9.18. The average molecular weight is 417 g/mol. The van der Waals surface area contributed by atoms with Crippen LogP contribution in [0, 0.1) is 28.6 Å². The minimum atomic E-state index is -1.20. The van der Waals surface area contributed by atoms with Crippen LogP contribution < -0.4 is 0 Å². The molecule has 0 amide bonds. The van der Waals surface area contributed by atoms with Gasteiger partial charge in [0.1, 0.15) is 6.61 Å². The number of carbonyl (C=O) groups is 2. The second kappa shape index (κ2) is 6.58. The highest BCUT2D eigenvalue weighted by molar-refractivity contribution is 6.01. The number of hydrogen-bond donors (Lipinski definition) is 2. The number of aliphatic hydroxyl groups is 2. The van der Waals surface area contributed by atoms with Crippen molar-refractivity contribution in [2.24, 2.45) is 28.6 Å². The minimum Gasteiger partial charge on any atom is -0.393 e. The van der Waals surface area contributed by atoms with Gasteiger partial charge in [-0.1, -0.05) is 32.4 Å². The van der Waals surface area contributed by atoms with Crippen LogP contribution in [0.5, 0.6) is 0 Å². The Balaban J connectivity index is 1.57. The molecule has 6 heteroatoms. The molecular weight excluding hydrogens is 384 g/mol. The van der Waals surface area contributed by atoms with Crippen LogP contribution in [0.15, 0.2) is 23.8 Å². The summed E-state index contributed by atoms with van der Waals surface area (Å²) < 4.78 is 12.5. The van der Waals surface area contributed by atoms with Gasteiger partial charge >= 0.3 is 0 Å². The Hall–Kier alpha value is -1.34. The predicted octanol–water partition coefficient (Wildman–Crippen LogP) is 2.33. The Morgan fingerprint density at radius 1 is 1.33 bits per heavy atom. The topological polar surface area (TPSA) is 93.1 Å². The van der Waals surface area contributed by atoms with Crippen LogP contribution in [0.1, 0.15) is 52.9 Å². The summed E-state index contributed by atoms with van der Waals surface area (Å²) in [7, 11) is 0. The zero-order chi connectivity index (χ0) is 21.5. The van der Waals surface area contributed by atoms with Gasteiger partial charge in [-0.25, -0.2) is 0 Å². The Morgan fingerprint density at radius 2 is 2.10 bits per heavy atom. The third-order valence-electron chi connectivity index (χ3n) is 9.18. The summed E-state index contributed by atoms with van der Waals surface area (Å²) in [5.74, 6) is 0.0202. The summed E-state index contributed by atoms with van der Waals surface area (Å²) in [5, 5.41) is 21.3. The SMILES string of the molecule is CCC1O[C@@H]2C[C@H]3[C@@H]4CCC5=CC(=O)C=C[C@]5(C)[C@H]4[C@@H](O)C[C@]3(C)[C@]2(C(=O)CO)O1. The number of hydrogen-bond acceptors (Lipinski definition) is 6. The fourth-order valence-electron chi connectivity index (χ4n) is 7.94. The highest BCUT2D eigenvalue weighted by Crippen LogP contribution is 2.69. The van der Waals surface area contributed by atoms with E-state index in [0.717, 1.165) is 18.4 Å². The summed E-state index contributed by atoms with van der Waals surface area (Å²) in [6.07, 6.45) is 7.33. The molecule has 0 spiro atoms. The largest absolute Gasteiger partial charge is 0.393 e. The molecule has 3 saturated carbocycles. The number of ether oxygens (including phenoxy) is 2. The lowest BCUT2D eigenvalue weighted by molar-refractivity contribution is -0.199. The molecule has 30 heavy (non-hydrogen) atoms. The average Bonchev–Trinajstić information content (AvgIpc) is 3.20. The molecule has 1 unspecified atom stereocenters. The van der Waals surface area contributed by atoms with E-state index < -0.39 is 36.1 Å². The van der Waals surface area contributed by atoms with Gasteiger partial charge in [-0.15, -0.1) is 0 Å². The summed E-state index contributed by atoms with van der Waals surface area (Å²) in [6.45, 7) is 5.56. The molecule has 1 heterocycles. The first-order chi connectivity index (χ1) is 14.2. The molecule has 0 radical (unpaired) electrons. The zero-order valence-corrected chi connectivity index (χ0v) is 18.0. The van der Waals surface area contributed by atoms with E-state index in [-0.39, 0.29) is 34.7 Å². The van der Waals surface area contributed by atoms with Crippen molar-refractivity contribution in [3.05, 3.63) is 23.8 Å². The number of carbonyl (C=O) groups excluding carboxylic acids is 2. The van der Waals surface area contributed by atoms with Crippen molar-refractivity contribution in [2.45, 2.75) is 77.0 Å². The van der Waals surface area contributed by atoms with Gasteiger partial charge in [0, 0.05) is 16.7 Å². The van der Waals surface area contributed by atoms with Crippen LogP contribution in [0.3, 0.4) is 0 Å². The lowest BCUT2D eigenvalue weighted by Crippen LogP contribution is -2.63. The molecule has 5 aliphatic rings. The lowest BCUT2D eigenvalue weighted by Gasteiger charge is -2.59. The van der Waals surface area contributed by atoms with Gasteiger partial charge in [0.2, 0.25) is 0 Å². The van der Waals surface area contributed by atoms with Crippen molar-refractivity contribution >= 4 is 11.6 Å². The van der Waals surface area contributed by atoms with E-state index in [2.05, 4.69) is 13.8 Å². The van der Waals surface area contributed by atoms with Crippen LogP contribution in [0.2, 0.25) is 0 Å². The normalized spacial score (nSPS) is 51.6. The summed E-state index contributed by atoms with van der Waals surface area (Å²) in [6, 6.07) is 0. The minimum absolute atomic E-state index is 0.0120. The molecule has 2 N–H and O–H groups in total. The number of fused-ring (bicyclic) bond motifs is 7. The molecular formula is C24H32O6. The Morgan fingerprint density at radius 3 is 2.80 bits per heavy atom. The van der Waals surface area contributed by atoms with Crippen LogP contribution in [-0.4, -0.2) is 52.5 Å². The molecule has 6 nitrogen and oxygen atoms in total. The fourth-order valence-corrected chi connectivity index (χ4v) is 7.94. The van der Waals surface area contributed by atoms with Crippen molar-refractivity contribution < 1.29 is 29.3 Å². The standard InChI is InChI=1S/C24H32O6/c1-4-20-29-19-10-16-15-6-5-13-9-14(26)7-8-22(13,2)21(15)17(27)11-23(16,3)24(19,30-20)18(28)12-25/h7-9,15-17,19-21,25,27H,4-6,10-12H2,1-3H3/t15-,16-,17-,19+,20?,21+,22-,23-,24+/m0/s1. The highest BCUT2D eigenvalue weighted by Gasteiger charge is 2.75. The van der Waals surface area contributed by atoms with Crippen molar-refractivity contribution in [1.29, 1.82) is 0 Å². The van der Waals surface area contributed by atoms with Crippen molar-refractivity contribution in [2.75, 3.05) is 6.61 Å². The number of ketones is 2. The van der Waals surface area contributed by atoms with E-state index in [4.69, 9.17) is 9.47 Å². The molecule has 5 rings (SSSR count). The van der Waals surface area contributed by atoms with Crippen LogP contribution in [0.4, 0.5) is 0 Å². The molecule has 1 aliphatic heterocycles. The van der Waals surface area contributed by atoms with Gasteiger partial charge in [0.15, 0.2) is 23.5 Å². The smallest absolute Gasteiger partial charge is 0.193 e. The number of rotatable bonds is 3. The number of Topliss-reactive ketones (excluding diaryl/α,β-unsaturated/α-hetero) is 1. The Bertz CT molecular complexity index is 847. The molecule has 0 aromatic heterocycles. The molecule has 4 fully saturated rings. The van der Waals surface area contributed by atoms with E-state index in [9.17, 15) is 19.8 Å². The third kappa shape index (κ3) is 2.34. The highest BCUT2D eigenvalue weighted by atomic mass is 16.7. The van der Waals surface area contributed by atoms with Crippen LogP contribution in [-0.2, 0) is 19.1 Å².